The highest BCUT2D eigenvalue weighted by atomic mass is 32.1. The minimum Gasteiger partial charge on any atom is -0.345 e. The first-order chi connectivity index (χ1) is 8.93. The molecule has 0 spiro atoms. The third kappa shape index (κ3) is 2.93. The molecule has 0 saturated carbocycles. The molecule has 1 aromatic heterocycles. The summed E-state index contributed by atoms with van der Waals surface area (Å²) < 4.78 is 0. The topological polar surface area (TPSA) is 31.4 Å². The second-order valence-electron chi connectivity index (χ2n) is 5.72. The van der Waals surface area contributed by atoms with Gasteiger partial charge in [0.05, 0.1) is 5.69 Å². The molecule has 3 unspecified atom stereocenters. The summed E-state index contributed by atoms with van der Waals surface area (Å²) >= 11 is 1.84. The molecule has 0 bridgehead atoms. The molecule has 2 rings (SSSR count). The van der Waals surface area contributed by atoms with E-state index in [2.05, 4.69) is 49.9 Å². The predicted octanol–water partition coefficient (Wildman–Crippen LogP) is 2.26. The zero-order valence-corrected chi connectivity index (χ0v) is 13.7. The standard InChI is InChI=1S/C14H26N4S/c1-9-7-18(8-10(2)17(9)6)14-16-12(4)13(19-14)11(3)15-5/h9-11,15H,7-8H2,1-6H3. The van der Waals surface area contributed by atoms with Crippen molar-refractivity contribution >= 4 is 16.5 Å². The molecule has 1 saturated heterocycles. The first kappa shape index (κ1) is 14.8. The molecular weight excluding hydrogens is 256 g/mol. The van der Waals surface area contributed by atoms with Gasteiger partial charge in [-0.2, -0.15) is 0 Å². The van der Waals surface area contributed by atoms with Gasteiger partial charge in [0.15, 0.2) is 5.13 Å². The van der Waals surface area contributed by atoms with Gasteiger partial charge in [0.1, 0.15) is 0 Å². The highest BCUT2D eigenvalue weighted by molar-refractivity contribution is 7.15. The summed E-state index contributed by atoms with van der Waals surface area (Å²) in [5.41, 5.74) is 1.17. The minimum atomic E-state index is 0.383. The average Bonchev–Trinajstić information content (AvgIpc) is 2.76. The molecule has 3 atom stereocenters. The lowest BCUT2D eigenvalue weighted by molar-refractivity contribution is 0.170. The van der Waals surface area contributed by atoms with Crippen LogP contribution in [0.5, 0.6) is 0 Å². The Bertz CT molecular complexity index is 419. The van der Waals surface area contributed by atoms with Crippen LogP contribution in [0, 0.1) is 6.92 Å². The van der Waals surface area contributed by atoms with Crippen molar-refractivity contribution in [1.82, 2.24) is 15.2 Å². The second-order valence-corrected chi connectivity index (χ2v) is 6.73. The van der Waals surface area contributed by atoms with Crippen molar-refractivity contribution in [2.45, 2.75) is 45.8 Å². The van der Waals surface area contributed by atoms with E-state index in [1.54, 1.807) is 0 Å². The number of aromatic nitrogens is 1. The number of hydrogen-bond donors (Lipinski definition) is 1. The summed E-state index contributed by atoms with van der Waals surface area (Å²) in [5.74, 6) is 0. The maximum Gasteiger partial charge on any atom is 0.185 e. The van der Waals surface area contributed by atoms with Gasteiger partial charge in [0, 0.05) is 36.1 Å². The van der Waals surface area contributed by atoms with Gasteiger partial charge in [0.2, 0.25) is 0 Å². The van der Waals surface area contributed by atoms with Crippen LogP contribution in [0.3, 0.4) is 0 Å². The molecule has 4 nitrogen and oxygen atoms in total. The maximum atomic E-state index is 4.78. The van der Waals surface area contributed by atoms with Crippen LogP contribution in [0.2, 0.25) is 0 Å². The number of nitrogens with one attached hydrogen (secondary N) is 1. The van der Waals surface area contributed by atoms with E-state index in [9.17, 15) is 0 Å². The lowest BCUT2D eigenvalue weighted by atomic mass is 10.1. The van der Waals surface area contributed by atoms with Crippen LogP contribution in [-0.4, -0.2) is 49.2 Å². The van der Waals surface area contributed by atoms with E-state index in [0.29, 0.717) is 18.1 Å². The van der Waals surface area contributed by atoms with Crippen LogP contribution in [0.1, 0.15) is 37.4 Å². The monoisotopic (exact) mass is 282 g/mol. The van der Waals surface area contributed by atoms with E-state index in [0.717, 1.165) is 13.1 Å². The van der Waals surface area contributed by atoms with Gasteiger partial charge in [-0.05, 0) is 41.8 Å². The molecule has 5 heteroatoms. The lowest BCUT2D eigenvalue weighted by Crippen LogP contribution is -2.55. The van der Waals surface area contributed by atoms with Crippen molar-refractivity contribution < 1.29 is 0 Å². The molecule has 0 aliphatic carbocycles. The van der Waals surface area contributed by atoms with E-state index >= 15 is 0 Å². The number of aryl methyl sites for hydroxylation is 1. The van der Waals surface area contributed by atoms with Gasteiger partial charge < -0.3 is 10.2 Å². The van der Waals surface area contributed by atoms with Gasteiger partial charge in [-0.3, -0.25) is 4.90 Å². The number of piperazine rings is 1. The lowest BCUT2D eigenvalue weighted by Gasteiger charge is -2.42. The maximum absolute atomic E-state index is 4.78. The number of rotatable bonds is 3. The van der Waals surface area contributed by atoms with E-state index in [4.69, 9.17) is 4.98 Å². The van der Waals surface area contributed by atoms with Crippen molar-refractivity contribution in [2.24, 2.45) is 0 Å². The van der Waals surface area contributed by atoms with Crippen LogP contribution >= 0.6 is 11.3 Å². The van der Waals surface area contributed by atoms with Crippen molar-refractivity contribution in [2.75, 3.05) is 32.1 Å². The summed E-state index contributed by atoms with van der Waals surface area (Å²) in [7, 11) is 4.22. The fourth-order valence-corrected chi connectivity index (χ4v) is 3.77. The Labute approximate surface area is 120 Å². The number of thiazole rings is 1. The van der Waals surface area contributed by atoms with Crippen LogP contribution in [0.25, 0.3) is 0 Å². The molecule has 1 fully saturated rings. The van der Waals surface area contributed by atoms with Gasteiger partial charge in [-0.1, -0.05) is 0 Å². The fraction of sp³-hybridized carbons (Fsp3) is 0.786. The molecule has 1 aromatic rings. The van der Waals surface area contributed by atoms with Gasteiger partial charge in [0.25, 0.3) is 0 Å². The normalized spacial score (nSPS) is 26.7. The summed E-state index contributed by atoms with van der Waals surface area (Å²) in [6, 6.07) is 1.55. The molecular formula is C14H26N4S. The highest BCUT2D eigenvalue weighted by Crippen LogP contribution is 2.32. The summed E-state index contributed by atoms with van der Waals surface area (Å²) in [4.78, 5) is 11.0. The Morgan fingerprint density at radius 2 is 1.89 bits per heavy atom. The number of anilines is 1. The van der Waals surface area contributed by atoms with Crippen LogP contribution in [-0.2, 0) is 0 Å². The SMILES string of the molecule is CNC(C)c1sc(N2CC(C)N(C)C(C)C2)nc1C. The molecule has 2 heterocycles. The first-order valence-corrected chi connectivity index (χ1v) is 7.87. The fourth-order valence-electron chi connectivity index (χ4n) is 2.62. The quantitative estimate of drug-likeness (QED) is 0.921. The zero-order valence-electron chi connectivity index (χ0n) is 12.9. The molecule has 1 aliphatic rings. The molecule has 108 valence electrons. The Kier molecular flexibility index (Phi) is 4.48. The van der Waals surface area contributed by atoms with Crippen LogP contribution in [0.15, 0.2) is 0 Å². The van der Waals surface area contributed by atoms with Crippen molar-refractivity contribution in [3.05, 3.63) is 10.6 Å². The largest absolute Gasteiger partial charge is 0.345 e. The minimum absolute atomic E-state index is 0.383. The van der Waals surface area contributed by atoms with E-state index in [1.165, 1.54) is 15.7 Å². The Hall–Kier alpha value is -0.650. The van der Waals surface area contributed by atoms with Crippen LogP contribution in [0.4, 0.5) is 5.13 Å². The summed E-state index contributed by atoms with van der Waals surface area (Å²) in [6.07, 6.45) is 0. The van der Waals surface area contributed by atoms with E-state index in [1.807, 2.05) is 18.4 Å². The third-order valence-corrected chi connectivity index (χ3v) is 5.68. The molecule has 1 aliphatic heterocycles. The zero-order chi connectivity index (χ0) is 14.2. The second kappa shape index (κ2) is 5.77. The number of likely N-dealkylation sites (N-methyl/N-ethyl adjacent to an activating group) is 1. The van der Waals surface area contributed by atoms with Crippen LogP contribution < -0.4 is 10.2 Å². The predicted molar refractivity (Wildman–Crippen MR) is 83.2 cm³/mol. The molecule has 0 radical (unpaired) electrons. The first-order valence-electron chi connectivity index (χ1n) is 7.05. The average molecular weight is 282 g/mol. The summed E-state index contributed by atoms with van der Waals surface area (Å²) in [5, 5.41) is 4.49. The third-order valence-electron chi connectivity index (χ3n) is 4.28. The number of hydrogen-bond acceptors (Lipinski definition) is 5. The highest BCUT2D eigenvalue weighted by Gasteiger charge is 2.28. The van der Waals surface area contributed by atoms with Crippen molar-refractivity contribution in [1.29, 1.82) is 0 Å². The molecule has 0 amide bonds. The Morgan fingerprint density at radius 1 is 1.32 bits per heavy atom. The smallest absolute Gasteiger partial charge is 0.185 e. The molecule has 1 N–H and O–H groups in total. The van der Waals surface area contributed by atoms with Gasteiger partial charge in [-0.15, -0.1) is 11.3 Å². The molecule has 0 aromatic carbocycles. The Morgan fingerprint density at radius 3 is 2.42 bits per heavy atom. The van der Waals surface area contributed by atoms with Crippen molar-refractivity contribution in [3.8, 4) is 0 Å². The van der Waals surface area contributed by atoms with Gasteiger partial charge in [-0.25, -0.2) is 4.98 Å². The van der Waals surface area contributed by atoms with E-state index in [-0.39, 0.29) is 0 Å². The van der Waals surface area contributed by atoms with Gasteiger partial charge >= 0.3 is 0 Å². The van der Waals surface area contributed by atoms with E-state index < -0.39 is 0 Å². The molecule has 19 heavy (non-hydrogen) atoms. The van der Waals surface area contributed by atoms with Crippen molar-refractivity contribution in [3.63, 3.8) is 0 Å². The Balaban J connectivity index is 2.19. The summed E-state index contributed by atoms with van der Waals surface area (Å²) in [6.45, 7) is 11.0. The number of nitrogens with zero attached hydrogens (tertiary/aromatic N) is 3.